The van der Waals surface area contributed by atoms with E-state index < -0.39 is 11.7 Å². The van der Waals surface area contributed by atoms with Gasteiger partial charge in [-0.3, -0.25) is 0 Å². The molecule has 1 heterocycles. The second kappa shape index (κ2) is 6.15. The fourth-order valence-corrected chi connectivity index (χ4v) is 4.24. The molecule has 2 N–H and O–H groups in total. The van der Waals surface area contributed by atoms with Gasteiger partial charge in [-0.2, -0.15) is 0 Å². The number of hydrogen-bond acceptors (Lipinski definition) is 2. The van der Waals surface area contributed by atoms with Crippen LogP contribution in [-0.2, 0) is 5.60 Å². The lowest BCUT2D eigenvalue weighted by molar-refractivity contribution is -0.0546. The summed E-state index contributed by atoms with van der Waals surface area (Å²) >= 11 is 12.0. The molecule has 126 valence electrons. The van der Waals surface area contributed by atoms with Gasteiger partial charge in [0.15, 0.2) is 0 Å². The Bertz CT molecular complexity index is 602. The van der Waals surface area contributed by atoms with Crippen LogP contribution >= 0.6 is 23.2 Å². The van der Waals surface area contributed by atoms with Crippen LogP contribution in [0.5, 0.6) is 0 Å². The standard InChI is InChI=1S/C17H21Cl2NO3/c18-13-2-1-12(11-14(13)19)17(23)5-3-16(4-6-17)7-9-20(10-8-16)15(21)22/h1-2,11,23H,3-10H2,(H,21,22). The highest BCUT2D eigenvalue weighted by Gasteiger charge is 2.44. The number of amides is 1. The second-order valence-corrected chi connectivity index (χ2v) is 7.74. The molecule has 2 fully saturated rings. The normalized spacial score (nSPS) is 23.0. The van der Waals surface area contributed by atoms with Crippen LogP contribution in [-0.4, -0.2) is 34.3 Å². The van der Waals surface area contributed by atoms with Crippen molar-refractivity contribution in [3.63, 3.8) is 0 Å². The van der Waals surface area contributed by atoms with Crippen LogP contribution < -0.4 is 0 Å². The first-order chi connectivity index (χ1) is 10.8. The van der Waals surface area contributed by atoms with Crippen molar-refractivity contribution < 1.29 is 15.0 Å². The number of nitrogens with zero attached hydrogens (tertiary/aromatic N) is 1. The summed E-state index contributed by atoms with van der Waals surface area (Å²) in [4.78, 5) is 12.5. The number of carbonyl (C=O) groups is 1. The third-order valence-electron chi connectivity index (χ3n) is 5.69. The molecule has 1 spiro atoms. The number of halogens is 2. The lowest BCUT2D eigenvalue weighted by Crippen LogP contribution is -2.46. The summed E-state index contributed by atoms with van der Waals surface area (Å²) in [6, 6.07) is 5.33. The molecule has 4 nitrogen and oxygen atoms in total. The van der Waals surface area contributed by atoms with Crippen LogP contribution in [0, 0.1) is 5.41 Å². The maximum absolute atomic E-state index is 11.0. The van der Waals surface area contributed by atoms with Gasteiger partial charge in [0.1, 0.15) is 0 Å². The van der Waals surface area contributed by atoms with Crippen LogP contribution in [0.4, 0.5) is 4.79 Å². The molecular formula is C17H21Cl2NO3. The molecule has 0 aromatic heterocycles. The predicted octanol–water partition coefficient (Wildman–Crippen LogP) is 4.52. The summed E-state index contributed by atoms with van der Waals surface area (Å²) in [5, 5.41) is 21.0. The Hall–Kier alpha value is -0.970. The highest BCUT2D eigenvalue weighted by Crippen LogP contribution is 2.50. The van der Waals surface area contributed by atoms with Gasteiger partial charge in [-0.1, -0.05) is 29.3 Å². The first-order valence-corrected chi connectivity index (χ1v) is 8.75. The summed E-state index contributed by atoms with van der Waals surface area (Å²) in [5.41, 5.74) is 0.141. The number of rotatable bonds is 1. The zero-order chi connectivity index (χ0) is 16.7. The van der Waals surface area contributed by atoms with Crippen molar-refractivity contribution >= 4 is 29.3 Å². The quantitative estimate of drug-likeness (QED) is 0.776. The molecule has 0 unspecified atom stereocenters. The van der Waals surface area contributed by atoms with Gasteiger partial charge in [0.05, 0.1) is 15.6 Å². The smallest absolute Gasteiger partial charge is 0.407 e. The summed E-state index contributed by atoms with van der Waals surface area (Å²) in [5.74, 6) is 0. The Morgan fingerprint density at radius 2 is 1.61 bits per heavy atom. The van der Waals surface area contributed by atoms with Crippen LogP contribution in [0.3, 0.4) is 0 Å². The van der Waals surface area contributed by atoms with Gasteiger partial charge in [0.2, 0.25) is 0 Å². The zero-order valence-corrected chi connectivity index (χ0v) is 14.4. The Morgan fingerprint density at radius 3 is 2.13 bits per heavy atom. The lowest BCUT2D eigenvalue weighted by Gasteiger charge is -2.48. The highest BCUT2D eigenvalue weighted by atomic mass is 35.5. The minimum absolute atomic E-state index is 0.175. The van der Waals surface area contributed by atoms with Gasteiger partial charge in [0.25, 0.3) is 0 Å². The summed E-state index contributed by atoms with van der Waals surface area (Å²) in [6.45, 7) is 1.20. The van der Waals surface area contributed by atoms with Crippen LogP contribution in [0.2, 0.25) is 10.0 Å². The van der Waals surface area contributed by atoms with E-state index in [1.807, 2.05) is 6.07 Å². The molecule has 0 bridgehead atoms. The van der Waals surface area contributed by atoms with E-state index in [2.05, 4.69) is 0 Å². The van der Waals surface area contributed by atoms with Crippen molar-refractivity contribution in [2.45, 2.75) is 44.1 Å². The first-order valence-electron chi connectivity index (χ1n) is 7.99. The molecule has 23 heavy (non-hydrogen) atoms. The molecule has 1 aliphatic heterocycles. The van der Waals surface area contributed by atoms with Gasteiger partial charge in [0, 0.05) is 13.1 Å². The zero-order valence-electron chi connectivity index (χ0n) is 12.9. The molecule has 1 amide bonds. The van der Waals surface area contributed by atoms with Crippen LogP contribution in [0.15, 0.2) is 18.2 Å². The van der Waals surface area contributed by atoms with E-state index >= 15 is 0 Å². The number of hydrogen-bond donors (Lipinski definition) is 2. The Labute approximate surface area is 146 Å². The molecule has 1 aliphatic carbocycles. The average molecular weight is 358 g/mol. The van der Waals surface area contributed by atoms with E-state index in [0.717, 1.165) is 31.2 Å². The Balaban J connectivity index is 1.68. The Morgan fingerprint density at radius 1 is 1.00 bits per heavy atom. The van der Waals surface area contributed by atoms with E-state index in [9.17, 15) is 9.90 Å². The van der Waals surface area contributed by atoms with Crippen LogP contribution in [0.25, 0.3) is 0 Å². The van der Waals surface area contributed by atoms with Gasteiger partial charge in [-0.05, 0) is 61.6 Å². The molecular weight excluding hydrogens is 337 g/mol. The topological polar surface area (TPSA) is 60.8 Å². The van der Waals surface area contributed by atoms with E-state index in [0.29, 0.717) is 36.0 Å². The fraction of sp³-hybridized carbons (Fsp3) is 0.588. The molecule has 2 aliphatic rings. The summed E-state index contributed by atoms with van der Waals surface area (Å²) in [6.07, 6.45) is 4.13. The third-order valence-corrected chi connectivity index (χ3v) is 6.43. The number of piperidine rings is 1. The van der Waals surface area contributed by atoms with Crippen molar-refractivity contribution in [1.82, 2.24) is 4.90 Å². The minimum Gasteiger partial charge on any atom is -0.465 e. The van der Waals surface area contributed by atoms with Crippen LogP contribution in [0.1, 0.15) is 44.1 Å². The molecule has 1 saturated carbocycles. The largest absolute Gasteiger partial charge is 0.465 e. The first kappa shape index (κ1) is 16.9. The molecule has 0 radical (unpaired) electrons. The van der Waals surface area contributed by atoms with Crippen molar-refractivity contribution in [1.29, 1.82) is 0 Å². The fourth-order valence-electron chi connectivity index (χ4n) is 3.94. The molecule has 3 rings (SSSR count). The Kier molecular flexibility index (Phi) is 4.51. The van der Waals surface area contributed by atoms with Crippen molar-refractivity contribution in [3.8, 4) is 0 Å². The van der Waals surface area contributed by atoms with Gasteiger partial charge >= 0.3 is 6.09 Å². The lowest BCUT2D eigenvalue weighted by atomic mass is 9.63. The van der Waals surface area contributed by atoms with E-state index in [1.165, 1.54) is 4.90 Å². The third kappa shape index (κ3) is 3.30. The van der Waals surface area contributed by atoms with Gasteiger partial charge in [-0.25, -0.2) is 4.79 Å². The summed E-state index contributed by atoms with van der Waals surface area (Å²) in [7, 11) is 0. The van der Waals surface area contributed by atoms with E-state index in [1.54, 1.807) is 12.1 Å². The van der Waals surface area contributed by atoms with Crippen molar-refractivity contribution in [3.05, 3.63) is 33.8 Å². The molecule has 0 atom stereocenters. The SMILES string of the molecule is O=C(O)N1CCC2(CC1)CCC(O)(c1ccc(Cl)c(Cl)c1)CC2. The monoisotopic (exact) mass is 357 g/mol. The predicted molar refractivity (Wildman–Crippen MR) is 90.1 cm³/mol. The number of likely N-dealkylation sites (tertiary alicyclic amines) is 1. The molecule has 6 heteroatoms. The molecule has 1 aromatic rings. The molecule has 1 aromatic carbocycles. The van der Waals surface area contributed by atoms with E-state index in [4.69, 9.17) is 28.3 Å². The second-order valence-electron chi connectivity index (χ2n) is 6.93. The number of aliphatic hydroxyl groups is 1. The summed E-state index contributed by atoms with van der Waals surface area (Å²) < 4.78 is 0. The van der Waals surface area contributed by atoms with Gasteiger partial charge in [-0.15, -0.1) is 0 Å². The molecule has 1 saturated heterocycles. The minimum atomic E-state index is -0.858. The highest BCUT2D eigenvalue weighted by molar-refractivity contribution is 6.42. The maximum atomic E-state index is 11.0. The van der Waals surface area contributed by atoms with Gasteiger partial charge < -0.3 is 15.1 Å². The van der Waals surface area contributed by atoms with Crippen molar-refractivity contribution in [2.24, 2.45) is 5.41 Å². The number of carboxylic acid groups (broad SMARTS) is 1. The van der Waals surface area contributed by atoms with Crippen molar-refractivity contribution in [2.75, 3.05) is 13.1 Å². The maximum Gasteiger partial charge on any atom is 0.407 e. The van der Waals surface area contributed by atoms with E-state index in [-0.39, 0.29) is 5.41 Å². The number of benzene rings is 1. The average Bonchev–Trinajstić information content (AvgIpc) is 2.54.